The Kier molecular flexibility index (Phi) is 4.84. The van der Waals surface area contributed by atoms with Crippen LogP contribution in [0.4, 0.5) is 14.5 Å². The number of hydrogen-bond acceptors (Lipinski definition) is 4. The van der Waals surface area contributed by atoms with Crippen LogP contribution in [0.2, 0.25) is 0 Å². The molecule has 23 heavy (non-hydrogen) atoms. The lowest BCUT2D eigenvalue weighted by molar-refractivity contribution is 0.188. The van der Waals surface area contributed by atoms with Crippen molar-refractivity contribution in [3.8, 4) is 0 Å². The number of rotatable bonds is 4. The number of benzene rings is 1. The SMILES string of the molecule is O=S(=O)(CC1CCOC1)N1CCN(c2cc(F)ccc2F)CC1. The van der Waals surface area contributed by atoms with Crippen LogP contribution in [-0.2, 0) is 14.8 Å². The summed E-state index contributed by atoms with van der Waals surface area (Å²) < 4.78 is 58.6. The van der Waals surface area contributed by atoms with Gasteiger partial charge in [-0.3, -0.25) is 0 Å². The standard InChI is InChI=1S/C15H20F2N2O3S/c16-13-1-2-14(17)15(9-13)18-4-6-19(7-5-18)23(20,21)11-12-3-8-22-10-12/h1-2,9,12H,3-8,10-11H2. The van der Waals surface area contributed by atoms with Gasteiger partial charge in [-0.05, 0) is 24.5 Å². The topological polar surface area (TPSA) is 49.9 Å². The molecule has 0 aromatic heterocycles. The lowest BCUT2D eigenvalue weighted by Gasteiger charge is -2.35. The van der Waals surface area contributed by atoms with E-state index < -0.39 is 21.7 Å². The number of sulfonamides is 1. The molecule has 0 spiro atoms. The number of halogens is 2. The molecule has 2 aliphatic rings. The third-order valence-electron chi connectivity index (χ3n) is 4.35. The van der Waals surface area contributed by atoms with Crippen molar-refractivity contribution in [1.29, 1.82) is 0 Å². The molecular formula is C15H20F2N2O3S. The molecule has 0 bridgehead atoms. The van der Waals surface area contributed by atoms with Gasteiger partial charge in [0.15, 0.2) is 0 Å². The smallest absolute Gasteiger partial charge is 0.214 e. The van der Waals surface area contributed by atoms with Crippen molar-refractivity contribution in [2.45, 2.75) is 6.42 Å². The van der Waals surface area contributed by atoms with Gasteiger partial charge >= 0.3 is 0 Å². The van der Waals surface area contributed by atoms with Gasteiger partial charge in [-0.1, -0.05) is 0 Å². The van der Waals surface area contributed by atoms with E-state index in [9.17, 15) is 17.2 Å². The van der Waals surface area contributed by atoms with Crippen molar-refractivity contribution in [2.75, 3.05) is 50.0 Å². The Morgan fingerprint density at radius 3 is 2.57 bits per heavy atom. The highest BCUT2D eigenvalue weighted by atomic mass is 32.2. The van der Waals surface area contributed by atoms with E-state index in [1.54, 1.807) is 4.90 Å². The fourth-order valence-electron chi connectivity index (χ4n) is 3.05. The lowest BCUT2D eigenvalue weighted by atomic mass is 10.2. The van der Waals surface area contributed by atoms with E-state index in [0.29, 0.717) is 26.3 Å². The molecule has 128 valence electrons. The minimum Gasteiger partial charge on any atom is -0.381 e. The van der Waals surface area contributed by atoms with E-state index in [4.69, 9.17) is 4.74 Å². The normalized spacial score (nSPS) is 23.4. The van der Waals surface area contributed by atoms with Gasteiger partial charge < -0.3 is 9.64 Å². The van der Waals surface area contributed by atoms with Crippen LogP contribution < -0.4 is 4.90 Å². The van der Waals surface area contributed by atoms with Crippen LogP contribution >= 0.6 is 0 Å². The third kappa shape index (κ3) is 3.81. The van der Waals surface area contributed by atoms with E-state index in [2.05, 4.69) is 0 Å². The van der Waals surface area contributed by atoms with Crippen molar-refractivity contribution in [2.24, 2.45) is 5.92 Å². The van der Waals surface area contributed by atoms with E-state index in [0.717, 1.165) is 24.6 Å². The van der Waals surface area contributed by atoms with Crippen molar-refractivity contribution >= 4 is 15.7 Å². The summed E-state index contributed by atoms with van der Waals surface area (Å²) >= 11 is 0. The maximum absolute atomic E-state index is 13.8. The number of piperazine rings is 1. The van der Waals surface area contributed by atoms with Crippen molar-refractivity contribution in [3.05, 3.63) is 29.8 Å². The van der Waals surface area contributed by atoms with E-state index in [1.807, 2.05) is 0 Å². The molecule has 0 saturated carbocycles. The average Bonchev–Trinajstić information content (AvgIpc) is 3.02. The number of nitrogens with zero attached hydrogens (tertiary/aromatic N) is 2. The second-order valence-electron chi connectivity index (χ2n) is 5.99. The molecule has 0 amide bonds. The maximum Gasteiger partial charge on any atom is 0.214 e. The largest absolute Gasteiger partial charge is 0.381 e. The molecule has 2 heterocycles. The zero-order valence-corrected chi connectivity index (χ0v) is 13.6. The molecular weight excluding hydrogens is 326 g/mol. The number of anilines is 1. The van der Waals surface area contributed by atoms with Crippen LogP contribution in [0.1, 0.15) is 6.42 Å². The Labute approximate surface area is 134 Å². The molecule has 2 saturated heterocycles. The summed E-state index contributed by atoms with van der Waals surface area (Å²) in [4.78, 5) is 1.68. The fourth-order valence-corrected chi connectivity index (χ4v) is 4.84. The average molecular weight is 346 g/mol. The van der Waals surface area contributed by atoms with E-state index in [-0.39, 0.29) is 30.4 Å². The molecule has 1 aromatic rings. The zero-order chi connectivity index (χ0) is 16.4. The predicted octanol–water partition coefficient (Wildman–Crippen LogP) is 1.45. The molecule has 1 atom stereocenters. The van der Waals surface area contributed by atoms with Gasteiger partial charge in [-0.25, -0.2) is 17.2 Å². The zero-order valence-electron chi connectivity index (χ0n) is 12.7. The van der Waals surface area contributed by atoms with Gasteiger partial charge in [-0.2, -0.15) is 4.31 Å². The van der Waals surface area contributed by atoms with Crippen molar-refractivity contribution < 1.29 is 21.9 Å². The second-order valence-corrected chi connectivity index (χ2v) is 8.00. The number of hydrogen-bond donors (Lipinski definition) is 0. The second kappa shape index (κ2) is 6.70. The molecule has 1 unspecified atom stereocenters. The fraction of sp³-hybridized carbons (Fsp3) is 0.600. The summed E-state index contributed by atoms with van der Waals surface area (Å²) in [6.45, 7) is 2.37. The number of ether oxygens (including phenoxy) is 1. The monoisotopic (exact) mass is 346 g/mol. The summed E-state index contributed by atoms with van der Waals surface area (Å²) in [6.07, 6.45) is 0.772. The van der Waals surface area contributed by atoms with E-state index >= 15 is 0 Å². The van der Waals surface area contributed by atoms with Gasteiger partial charge in [0, 0.05) is 38.9 Å². The highest BCUT2D eigenvalue weighted by molar-refractivity contribution is 7.89. The van der Waals surface area contributed by atoms with Crippen LogP contribution in [0.25, 0.3) is 0 Å². The first-order valence-electron chi connectivity index (χ1n) is 7.71. The minimum absolute atomic E-state index is 0.0543. The first kappa shape index (κ1) is 16.6. The van der Waals surface area contributed by atoms with Gasteiger partial charge in [0.2, 0.25) is 10.0 Å². The maximum atomic E-state index is 13.8. The molecule has 3 rings (SSSR count). The quantitative estimate of drug-likeness (QED) is 0.828. The molecule has 0 radical (unpaired) electrons. The Morgan fingerprint density at radius 1 is 1.17 bits per heavy atom. The summed E-state index contributed by atoms with van der Waals surface area (Å²) in [5, 5.41) is 0. The first-order valence-corrected chi connectivity index (χ1v) is 9.32. The van der Waals surface area contributed by atoms with Crippen molar-refractivity contribution in [3.63, 3.8) is 0 Å². The van der Waals surface area contributed by atoms with E-state index in [1.165, 1.54) is 4.31 Å². The Hall–Kier alpha value is -1.25. The summed E-state index contributed by atoms with van der Waals surface area (Å²) in [5.74, 6) is -0.844. The Balaban J connectivity index is 1.62. The van der Waals surface area contributed by atoms with Crippen LogP contribution in [0, 0.1) is 17.6 Å². The molecule has 0 aliphatic carbocycles. The predicted molar refractivity (Wildman–Crippen MR) is 82.9 cm³/mol. The van der Waals surface area contributed by atoms with Crippen LogP contribution in [0.5, 0.6) is 0 Å². The summed E-state index contributed by atoms with van der Waals surface area (Å²) in [6, 6.07) is 3.31. The molecule has 0 N–H and O–H groups in total. The van der Waals surface area contributed by atoms with Gasteiger partial charge in [0.05, 0.1) is 18.0 Å². The minimum atomic E-state index is -3.33. The van der Waals surface area contributed by atoms with Crippen LogP contribution in [0.15, 0.2) is 18.2 Å². The highest BCUT2D eigenvalue weighted by Crippen LogP contribution is 2.23. The molecule has 1 aromatic carbocycles. The molecule has 2 aliphatic heterocycles. The van der Waals surface area contributed by atoms with Gasteiger partial charge in [-0.15, -0.1) is 0 Å². The highest BCUT2D eigenvalue weighted by Gasteiger charge is 2.31. The van der Waals surface area contributed by atoms with Gasteiger partial charge in [0.1, 0.15) is 11.6 Å². The molecule has 2 fully saturated rings. The summed E-state index contributed by atoms with van der Waals surface area (Å²) in [5.41, 5.74) is 0.186. The first-order chi connectivity index (χ1) is 11.0. The third-order valence-corrected chi connectivity index (χ3v) is 6.40. The lowest BCUT2D eigenvalue weighted by Crippen LogP contribution is -2.50. The molecule has 5 nitrogen and oxygen atoms in total. The van der Waals surface area contributed by atoms with Gasteiger partial charge in [0.25, 0.3) is 0 Å². The van der Waals surface area contributed by atoms with Crippen LogP contribution in [-0.4, -0.2) is 57.9 Å². The Morgan fingerprint density at radius 2 is 1.91 bits per heavy atom. The Bertz CT molecular complexity index is 655. The van der Waals surface area contributed by atoms with Crippen LogP contribution in [0.3, 0.4) is 0 Å². The summed E-state index contributed by atoms with van der Waals surface area (Å²) in [7, 11) is -3.33. The molecule has 8 heteroatoms. The van der Waals surface area contributed by atoms with Crippen molar-refractivity contribution in [1.82, 2.24) is 4.31 Å².